The van der Waals surface area contributed by atoms with Gasteiger partial charge in [0.2, 0.25) is 0 Å². The van der Waals surface area contributed by atoms with Crippen LogP contribution in [0.4, 0.5) is 10.1 Å². The molecular formula is C14H19FN4. The molecule has 2 aromatic rings. The summed E-state index contributed by atoms with van der Waals surface area (Å²) in [5, 5.41) is 11.2. The lowest BCUT2D eigenvalue weighted by molar-refractivity contribution is 0.347. The zero-order chi connectivity index (χ0) is 14.0. The van der Waals surface area contributed by atoms with Crippen molar-refractivity contribution in [3.8, 4) is 0 Å². The van der Waals surface area contributed by atoms with E-state index in [4.69, 9.17) is 0 Å². The number of hydrogen-bond acceptors (Lipinski definition) is 3. The number of anilines is 1. The first kappa shape index (κ1) is 13.5. The number of nitrogens with one attached hydrogen (secondary N) is 1. The average molecular weight is 262 g/mol. The molecule has 0 unspecified atom stereocenters. The lowest BCUT2D eigenvalue weighted by Gasteiger charge is -2.17. The molecule has 0 bridgehead atoms. The Bertz CT molecular complexity index is 569. The van der Waals surface area contributed by atoms with Gasteiger partial charge in [-0.3, -0.25) is 0 Å². The molecule has 0 saturated heterocycles. The lowest BCUT2D eigenvalue weighted by atomic mass is 10.1. The van der Waals surface area contributed by atoms with Crippen molar-refractivity contribution in [1.82, 2.24) is 15.0 Å². The van der Waals surface area contributed by atoms with Crippen LogP contribution in [-0.2, 0) is 12.1 Å². The van der Waals surface area contributed by atoms with Gasteiger partial charge in [-0.25, -0.2) is 9.07 Å². The highest BCUT2D eigenvalue weighted by molar-refractivity contribution is 5.47. The van der Waals surface area contributed by atoms with Crippen LogP contribution < -0.4 is 5.32 Å². The second-order valence-electron chi connectivity index (χ2n) is 5.66. The molecule has 5 heteroatoms. The number of benzene rings is 1. The van der Waals surface area contributed by atoms with Gasteiger partial charge in [-0.1, -0.05) is 11.3 Å². The van der Waals surface area contributed by atoms with Crippen LogP contribution in [0.5, 0.6) is 0 Å². The van der Waals surface area contributed by atoms with Crippen LogP contribution in [-0.4, -0.2) is 15.0 Å². The molecule has 0 amide bonds. The van der Waals surface area contributed by atoms with E-state index in [1.165, 1.54) is 6.07 Å². The first-order chi connectivity index (χ1) is 8.86. The second-order valence-corrected chi connectivity index (χ2v) is 5.66. The van der Waals surface area contributed by atoms with E-state index in [0.29, 0.717) is 12.2 Å². The Morgan fingerprint density at radius 3 is 2.68 bits per heavy atom. The Kier molecular flexibility index (Phi) is 3.55. The van der Waals surface area contributed by atoms with Gasteiger partial charge >= 0.3 is 0 Å². The molecule has 0 aliphatic carbocycles. The zero-order valence-corrected chi connectivity index (χ0v) is 11.7. The van der Waals surface area contributed by atoms with Crippen molar-refractivity contribution in [1.29, 1.82) is 0 Å². The first-order valence-corrected chi connectivity index (χ1v) is 6.28. The molecule has 1 aromatic heterocycles. The van der Waals surface area contributed by atoms with E-state index >= 15 is 0 Å². The highest BCUT2D eigenvalue weighted by atomic mass is 19.1. The lowest BCUT2D eigenvalue weighted by Crippen LogP contribution is -2.22. The summed E-state index contributed by atoms with van der Waals surface area (Å²) >= 11 is 0. The highest BCUT2D eigenvalue weighted by Crippen LogP contribution is 2.17. The summed E-state index contributed by atoms with van der Waals surface area (Å²) < 4.78 is 15.4. The molecule has 0 saturated carbocycles. The molecule has 0 aliphatic heterocycles. The van der Waals surface area contributed by atoms with Crippen LogP contribution in [0.2, 0.25) is 0 Å². The Labute approximate surface area is 112 Å². The van der Waals surface area contributed by atoms with Gasteiger partial charge in [0.1, 0.15) is 11.5 Å². The van der Waals surface area contributed by atoms with Gasteiger partial charge in [0.25, 0.3) is 0 Å². The molecule has 0 atom stereocenters. The smallest absolute Gasteiger partial charge is 0.146 e. The summed E-state index contributed by atoms with van der Waals surface area (Å²) in [6, 6.07) is 4.99. The second kappa shape index (κ2) is 4.99. The maximum Gasteiger partial charge on any atom is 0.146 e. The van der Waals surface area contributed by atoms with E-state index < -0.39 is 0 Å². The quantitative estimate of drug-likeness (QED) is 0.924. The minimum Gasteiger partial charge on any atom is -0.377 e. The molecule has 0 fully saturated rings. The SMILES string of the molecule is Cc1ccc(F)c(NCc2cn(C(C)(C)C)nn2)c1. The maximum absolute atomic E-state index is 13.6. The Balaban J connectivity index is 2.06. The minimum atomic E-state index is -0.256. The third-order valence-corrected chi connectivity index (χ3v) is 2.81. The van der Waals surface area contributed by atoms with Gasteiger partial charge in [-0.2, -0.15) is 0 Å². The van der Waals surface area contributed by atoms with Gasteiger partial charge in [0.05, 0.1) is 24.0 Å². The first-order valence-electron chi connectivity index (χ1n) is 6.28. The molecule has 0 spiro atoms. The fourth-order valence-corrected chi connectivity index (χ4v) is 1.67. The average Bonchev–Trinajstić information content (AvgIpc) is 2.79. The Morgan fingerprint density at radius 1 is 1.32 bits per heavy atom. The van der Waals surface area contributed by atoms with Crippen LogP contribution in [0.3, 0.4) is 0 Å². The van der Waals surface area contributed by atoms with Crippen molar-refractivity contribution in [3.05, 3.63) is 41.5 Å². The zero-order valence-electron chi connectivity index (χ0n) is 11.7. The molecule has 1 heterocycles. The van der Waals surface area contributed by atoms with E-state index in [0.717, 1.165) is 11.3 Å². The van der Waals surface area contributed by atoms with E-state index in [1.807, 2.05) is 13.1 Å². The molecular weight excluding hydrogens is 243 g/mol. The maximum atomic E-state index is 13.6. The number of aryl methyl sites for hydroxylation is 1. The van der Waals surface area contributed by atoms with Gasteiger partial charge in [-0.05, 0) is 45.4 Å². The summed E-state index contributed by atoms with van der Waals surface area (Å²) in [6.45, 7) is 8.55. The van der Waals surface area contributed by atoms with E-state index in [2.05, 4.69) is 36.4 Å². The summed E-state index contributed by atoms with van der Waals surface area (Å²) in [6.07, 6.45) is 1.88. The van der Waals surface area contributed by atoms with E-state index in [1.54, 1.807) is 16.8 Å². The standard InChI is InChI=1S/C14H19FN4/c1-10-5-6-12(15)13(7-10)16-8-11-9-19(18-17-11)14(2,3)4/h5-7,9,16H,8H2,1-4H3. The molecule has 102 valence electrons. The number of aromatic nitrogens is 3. The number of hydrogen-bond donors (Lipinski definition) is 1. The number of nitrogens with zero attached hydrogens (tertiary/aromatic N) is 3. The van der Waals surface area contributed by atoms with Crippen molar-refractivity contribution in [2.45, 2.75) is 39.8 Å². The number of rotatable bonds is 3. The molecule has 19 heavy (non-hydrogen) atoms. The van der Waals surface area contributed by atoms with Crippen molar-refractivity contribution in [3.63, 3.8) is 0 Å². The molecule has 0 aliphatic rings. The van der Waals surface area contributed by atoms with Crippen LogP contribution >= 0.6 is 0 Å². The van der Waals surface area contributed by atoms with E-state index in [-0.39, 0.29) is 11.4 Å². The fraction of sp³-hybridized carbons (Fsp3) is 0.429. The summed E-state index contributed by atoms with van der Waals surface area (Å²) in [5.41, 5.74) is 2.20. The van der Waals surface area contributed by atoms with Gasteiger partial charge < -0.3 is 5.32 Å². The molecule has 4 nitrogen and oxygen atoms in total. The third-order valence-electron chi connectivity index (χ3n) is 2.81. The van der Waals surface area contributed by atoms with Gasteiger partial charge in [-0.15, -0.1) is 5.10 Å². The Morgan fingerprint density at radius 2 is 2.05 bits per heavy atom. The van der Waals surface area contributed by atoms with Crippen molar-refractivity contribution < 1.29 is 4.39 Å². The highest BCUT2D eigenvalue weighted by Gasteiger charge is 2.15. The normalized spacial score (nSPS) is 11.6. The fourth-order valence-electron chi connectivity index (χ4n) is 1.67. The number of halogens is 1. The van der Waals surface area contributed by atoms with Crippen molar-refractivity contribution >= 4 is 5.69 Å². The van der Waals surface area contributed by atoms with Gasteiger partial charge in [0, 0.05) is 0 Å². The molecule has 1 aromatic carbocycles. The minimum absolute atomic E-state index is 0.0974. The van der Waals surface area contributed by atoms with Crippen LogP contribution in [0, 0.1) is 12.7 Å². The monoisotopic (exact) mass is 262 g/mol. The molecule has 0 radical (unpaired) electrons. The van der Waals surface area contributed by atoms with Crippen molar-refractivity contribution in [2.24, 2.45) is 0 Å². The van der Waals surface area contributed by atoms with E-state index in [9.17, 15) is 4.39 Å². The molecule has 2 rings (SSSR count). The van der Waals surface area contributed by atoms with Crippen molar-refractivity contribution in [2.75, 3.05) is 5.32 Å². The van der Waals surface area contributed by atoms with Crippen LogP contribution in [0.25, 0.3) is 0 Å². The summed E-state index contributed by atoms with van der Waals surface area (Å²) in [5.74, 6) is -0.256. The topological polar surface area (TPSA) is 42.7 Å². The van der Waals surface area contributed by atoms with Gasteiger partial charge in [0.15, 0.2) is 0 Å². The molecule has 1 N–H and O–H groups in total. The predicted octanol–water partition coefficient (Wildman–Crippen LogP) is 3.09. The third kappa shape index (κ3) is 3.30. The summed E-state index contributed by atoms with van der Waals surface area (Å²) in [7, 11) is 0. The van der Waals surface area contributed by atoms with Crippen LogP contribution in [0.1, 0.15) is 32.0 Å². The largest absolute Gasteiger partial charge is 0.377 e. The predicted molar refractivity (Wildman–Crippen MR) is 73.5 cm³/mol. The summed E-state index contributed by atoms with van der Waals surface area (Å²) in [4.78, 5) is 0. The van der Waals surface area contributed by atoms with Crippen LogP contribution in [0.15, 0.2) is 24.4 Å². The Hall–Kier alpha value is -1.91.